The maximum absolute atomic E-state index is 10.4. The van der Waals surface area contributed by atoms with Crippen LogP contribution in [0, 0.1) is 0 Å². The maximum atomic E-state index is 10.4. The Morgan fingerprint density at radius 2 is 1.52 bits per heavy atom. The number of halogens is 1. The summed E-state index contributed by atoms with van der Waals surface area (Å²) >= 11 is 5.89. The van der Waals surface area contributed by atoms with Gasteiger partial charge in [0.2, 0.25) is 0 Å². The fraction of sp³-hybridized carbons (Fsp3) is 0.217. The summed E-state index contributed by atoms with van der Waals surface area (Å²) in [6.45, 7) is 3.18. The molecule has 0 amide bonds. The van der Waals surface area contributed by atoms with Crippen LogP contribution in [0.1, 0.15) is 29.7 Å². The highest BCUT2D eigenvalue weighted by molar-refractivity contribution is 6.30. The van der Waals surface area contributed by atoms with Crippen LogP contribution in [-0.4, -0.2) is 11.1 Å². The largest absolute Gasteiger partial charge is 0.489 e. The molecule has 0 aliphatic carbocycles. The molecular formula is C23H24ClNO2. The van der Waals surface area contributed by atoms with Crippen LogP contribution in [0.5, 0.6) is 5.75 Å². The molecule has 4 heteroatoms. The molecule has 27 heavy (non-hydrogen) atoms. The minimum Gasteiger partial charge on any atom is -0.489 e. The molecule has 0 aliphatic rings. The summed E-state index contributed by atoms with van der Waals surface area (Å²) in [7, 11) is 0. The van der Waals surface area contributed by atoms with E-state index >= 15 is 0 Å². The Morgan fingerprint density at radius 1 is 0.889 bits per heavy atom. The molecule has 0 spiro atoms. The third kappa shape index (κ3) is 5.83. The van der Waals surface area contributed by atoms with Crippen molar-refractivity contribution in [3.05, 3.63) is 101 Å². The summed E-state index contributed by atoms with van der Waals surface area (Å²) in [4.78, 5) is 0. The Labute approximate surface area is 165 Å². The molecule has 0 fully saturated rings. The Hall–Kier alpha value is -2.33. The molecule has 0 aliphatic heterocycles. The van der Waals surface area contributed by atoms with Gasteiger partial charge in [-0.05, 0) is 47.9 Å². The first-order chi connectivity index (χ1) is 13.1. The van der Waals surface area contributed by atoms with Crippen molar-refractivity contribution in [3.63, 3.8) is 0 Å². The molecule has 0 saturated heterocycles. The predicted octanol–water partition coefficient (Wildman–Crippen LogP) is 5.13. The minimum absolute atomic E-state index is 0.0479. The number of hydrogen-bond acceptors (Lipinski definition) is 3. The summed E-state index contributed by atoms with van der Waals surface area (Å²) in [5.41, 5.74) is 3.14. The second-order valence-corrected chi connectivity index (χ2v) is 7.02. The fourth-order valence-electron chi connectivity index (χ4n) is 2.78. The standard InChI is InChI=1S/C23H24ClNO2/c1-17(23(26)20-5-3-2-4-6-20)25-15-18-9-13-22(14-10-18)27-16-19-7-11-21(24)12-8-19/h2-14,17,23,25-26H,15-16H2,1H3/t17-,23-/m1/s1. The zero-order valence-corrected chi connectivity index (χ0v) is 16.1. The molecule has 2 atom stereocenters. The lowest BCUT2D eigenvalue weighted by atomic mass is 10.0. The minimum atomic E-state index is -0.534. The van der Waals surface area contributed by atoms with Gasteiger partial charge < -0.3 is 15.2 Å². The van der Waals surface area contributed by atoms with E-state index in [1.54, 1.807) is 0 Å². The van der Waals surface area contributed by atoms with Gasteiger partial charge in [0.1, 0.15) is 12.4 Å². The second kappa shape index (κ2) is 9.56. The molecule has 0 unspecified atom stereocenters. The van der Waals surface area contributed by atoms with Crippen molar-refractivity contribution < 1.29 is 9.84 Å². The lowest BCUT2D eigenvalue weighted by Gasteiger charge is -2.20. The van der Waals surface area contributed by atoms with E-state index in [9.17, 15) is 5.11 Å². The summed E-state index contributed by atoms with van der Waals surface area (Å²) in [5.74, 6) is 0.825. The van der Waals surface area contributed by atoms with E-state index in [2.05, 4.69) is 5.32 Å². The van der Waals surface area contributed by atoms with Crippen LogP contribution < -0.4 is 10.1 Å². The average Bonchev–Trinajstić information content (AvgIpc) is 2.72. The molecule has 0 saturated carbocycles. The number of aliphatic hydroxyl groups is 1. The Bertz CT molecular complexity index is 819. The molecule has 3 aromatic carbocycles. The van der Waals surface area contributed by atoms with Crippen LogP contribution in [-0.2, 0) is 13.2 Å². The van der Waals surface area contributed by atoms with Gasteiger partial charge in [-0.2, -0.15) is 0 Å². The SMILES string of the molecule is C[C@@H](NCc1ccc(OCc2ccc(Cl)cc2)cc1)[C@@H](O)c1ccccc1. The van der Waals surface area contributed by atoms with Gasteiger partial charge in [0.15, 0.2) is 0 Å². The van der Waals surface area contributed by atoms with E-state index < -0.39 is 6.10 Å². The van der Waals surface area contributed by atoms with E-state index in [0.29, 0.717) is 13.2 Å². The number of benzene rings is 3. The predicted molar refractivity (Wildman–Crippen MR) is 110 cm³/mol. The first-order valence-electron chi connectivity index (χ1n) is 9.04. The van der Waals surface area contributed by atoms with E-state index in [1.807, 2.05) is 85.8 Å². The molecule has 3 rings (SSSR count). The smallest absolute Gasteiger partial charge is 0.119 e. The maximum Gasteiger partial charge on any atom is 0.119 e. The zero-order valence-electron chi connectivity index (χ0n) is 15.3. The van der Waals surface area contributed by atoms with Gasteiger partial charge in [-0.3, -0.25) is 0 Å². The summed E-state index contributed by atoms with van der Waals surface area (Å²) < 4.78 is 5.81. The van der Waals surface area contributed by atoms with Crippen LogP contribution in [0.2, 0.25) is 5.02 Å². The Balaban J connectivity index is 1.48. The third-order valence-electron chi connectivity index (χ3n) is 4.48. The highest BCUT2D eigenvalue weighted by Crippen LogP contribution is 2.18. The van der Waals surface area contributed by atoms with E-state index in [0.717, 1.165) is 27.5 Å². The second-order valence-electron chi connectivity index (χ2n) is 6.58. The van der Waals surface area contributed by atoms with Crippen molar-refractivity contribution in [3.8, 4) is 5.75 Å². The molecule has 3 nitrogen and oxygen atoms in total. The molecule has 3 aromatic rings. The molecule has 0 bridgehead atoms. The summed E-state index contributed by atoms with van der Waals surface area (Å²) in [6.07, 6.45) is -0.534. The monoisotopic (exact) mass is 381 g/mol. The van der Waals surface area contributed by atoms with Gasteiger partial charge in [-0.1, -0.05) is 66.2 Å². The highest BCUT2D eigenvalue weighted by Gasteiger charge is 2.15. The first kappa shape index (κ1) is 19.4. The van der Waals surface area contributed by atoms with Gasteiger partial charge in [-0.25, -0.2) is 0 Å². The van der Waals surface area contributed by atoms with Crippen LogP contribution in [0.25, 0.3) is 0 Å². The van der Waals surface area contributed by atoms with E-state index in [1.165, 1.54) is 0 Å². The molecule has 0 heterocycles. The lowest BCUT2D eigenvalue weighted by Crippen LogP contribution is -2.31. The summed E-state index contributed by atoms with van der Waals surface area (Å²) in [5, 5.41) is 14.5. The lowest BCUT2D eigenvalue weighted by molar-refractivity contribution is 0.135. The molecule has 140 valence electrons. The van der Waals surface area contributed by atoms with Crippen LogP contribution in [0.4, 0.5) is 0 Å². The zero-order chi connectivity index (χ0) is 19.1. The van der Waals surface area contributed by atoms with Crippen molar-refractivity contribution in [2.45, 2.75) is 32.2 Å². The normalized spacial score (nSPS) is 13.1. The molecule has 0 radical (unpaired) electrons. The number of aliphatic hydroxyl groups excluding tert-OH is 1. The average molecular weight is 382 g/mol. The fourth-order valence-corrected chi connectivity index (χ4v) is 2.91. The van der Waals surface area contributed by atoms with Crippen molar-refractivity contribution in [1.82, 2.24) is 5.32 Å². The summed E-state index contributed by atoms with van der Waals surface area (Å²) in [6, 6.07) is 25.3. The van der Waals surface area contributed by atoms with Crippen LogP contribution in [0.3, 0.4) is 0 Å². The van der Waals surface area contributed by atoms with Crippen molar-refractivity contribution >= 4 is 11.6 Å². The third-order valence-corrected chi connectivity index (χ3v) is 4.74. The van der Waals surface area contributed by atoms with Crippen LogP contribution in [0.15, 0.2) is 78.9 Å². The van der Waals surface area contributed by atoms with Crippen LogP contribution >= 0.6 is 11.6 Å². The quantitative estimate of drug-likeness (QED) is 0.568. The number of rotatable bonds is 8. The van der Waals surface area contributed by atoms with Crippen molar-refractivity contribution in [2.75, 3.05) is 0 Å². The topological polar surface area (TPSA) is 41.5 Å². The van der Waals surface area contributed by atoms with E-state index in [-0.39, 0.29) is 6.04 Å². The molecule has 0 aromatic heterocycles. The van der Waals surface area contributed by atoms with Crippen molar-refractivity contribution in [2.24, 2.45) is 0 Å². The van der Waals surface area contributed by atoms with Crippen molar-refractivity contribution in [1.29, 1.82) is 0 Å². The van der Waals surface area contributed by atoms with Gasteiger partial charge in [0.25, 0.3) is 0 Å². The van der Waals surface area contributed by atoms with Gasteiger partial charge in [-0.15, -0.1) is 0 Å². The highest BCUT2D eigenvalue weighted by atomic mass is 35.5. The number of hydrogen-bond donors (Lipinski definition) is 2. The van der Waals surface area contributed by atoms with Gasteiger partial charge >= 0.3 is 0 Å². The molecular weight excluding hydrogens is 358 g/mol. The molecule has 2 N–H and O–H groups in total. The van der Waals surface area contributed by atoms with Gasteiger partial charge in [0.05, 0.1) is 6.10 Å². The Kier molecular flexibility index (Phi) is 6.88. The van der Waals surface area contributed by atoms with Gasteiger partial charge in [0, 0.05) is 17.6 Å². The number of nitrogens with one attached hydrogen (secondary N) is 1. The first-order valence-corrected chi connectivity index (χ1v) is 9.42. The Morgan fingerprint density at radius 3 is 2.19 bits per heavy atom. The van der Waals surface area contributed by atoms with E-state index in [4.69, 9.17) is 16.3 Å². The number of ether oxygens (including phenoxy) is 1.